The fourth-order valence-electron chi connectivity index (χ4n) is 3.40. The van der Waals surface area contributed by atoms with Crippen LogP contribution in [0.25, 0.3) is 0 Å². The van der Waals surface area contributed by atoms with Gasteiger partial charge < -0.3 is 19.8 Å². The largest absolute Gasteiger partial charge is 0.462 e. The summed E-state index contributed by atoms with van der Waals surface area (Å²) in [6.07, 6.45) is 1.44. The summed E-state index contributed by atoms with van der Waals surface area (Å²) < 4.78 is 10.1. The summed E-state index contributed by atoms with van der Waals surface area (Å²) in [6.45, 7) is 2.04. The highest BCUT2D eigenvalue weighted by molar-refractivity contribution is 8.00. The van der Waals surface area contributed by atoms with E-state index in [0.717, 1.165) is 10.5 Å². The van der Waals surface area contributed by atoms with Crippen molar-refractivity contribution in [2.75, 3.05) is 17.2 Å². The van der Waals surface area contributed by atoms with E-state index in [0.29, 0.717) is 23.5 Å². The van der Waals surface area contributed by atoms with Gasteiger partial charge in [0.05, 0.1) is 18.4 Å². The van der Waals surface area contributed by atoms with E-state index >= 15 is 0 Å². The van der Waals surface area contributed by atoms with E-state index in [-0.39, 0.29) is 17.6 Å². The molecule has 0 radical (unpaired) electrons. The SMILES string of the molecule is CCOC(=O)c1ccc(NC(=O)C(Sc2cccc(NC(=O)c3ccco3)c2)c2ccccc2)cc1. The van der Waals surface area contributed by atoms with Gasteiger partial charge in [0, 0.05) is 16.3 Å². The average molecular weight is 501 g/mol. The first-order valence-electron chi connectivity index (χ1n) is 11.3. The molecular formula is C28H24N2O5S. The van der Waals surface area contributed by atoms with Crippen LogP contribution in [0.5, 0.6) is 0 Å². The fraction of sp³-hybridized carbons (Fsp3) is 0.107. The Balaban J connectivity index is 1.50. The quantitative estimate of drug-likeness (QED) is 0.210. The molecule has 2 amide bonds. The van der Waals surface area contributed by atoms with Gasteiger partial charge in [-0.05, 0) is 67.1 Å². The first-order chi connectivity index (χ1) is 17.5. The van der Waals surface area contributed by atoms with Crippen molar-refractivity contribution < 1.29 is 23.5 Å². The Hall–Kier alpha value is -4.30. The predicted molar refractivity (Wildman–Crippen MR) is 139 cm³/mol. The third-order valence-electron chi connectivity index (χ3n) is 5.09. The molecule has 0 spiro atoms. The molecule has 7 nitrogen and oxygen atoms in total. The second-order valence-corrected chi connectivity index (χ2v) is 8.83. The van der Waals surface area contributed by atoms with Crippen LogP contribution >= 0.6 is 11.8 Å². The molecule has 36 heavy (non-hydrogen) atoms. The Morgan fingerprint density at radius 2 is 1.64 bits per heavy atom. The second kappa shape index (κ2) is 11.9. The second-order valence-electron chi connectivity index (χ2n) is 7.65. The molecule has 1 aromatic heterocycles. The van der Waals surface area contributed by atoms with Crippen molar-refractivity contribution in [1.82, 2.24) is 0 Å². The van der Waals surface area contributed by atoms with E-state index in [1.54, 1.807) is 49.4 Å². The zero-order valence-electron chi connectivity index (χ0n) is 19.5. The van der Waals surface area contributed by atoms with Crippen LogP contribution < -0.4 is 10.6 Å². The van der Waals surface area contributed by atoms with Gasteiger partial charge in [-0.3, -0.25) is 9.59 Å². The molecule has 1 heterocycles. The highest BCUT2D eigenvalue weighted by Crippen LogP contribution is 2.37. The summed E-state index contributed by atoms with van der Waals surface area (Å²) in [5.41, 5.74) is 2.39. The van der Waals surface area contributed by atoms with Gasteiger partial charge in [-0.15, -0.1) is 11.8 Å². The first kappa shape index (κ1) is 24.8. The van der Waals surface area contributed by atoms with Crippen molar-refractivity contribution in [3.63, 3.8) is 0 Å². The average Bonchev–Trinajstić information content (AvgIpc) is 3.44. The number of furan rings is 1. The summed E-state index contributed by atoms with van der Waals surface area (Å²) in [4.78, 5) is 38.4. The molecule has 0 aliphatic rings. The lowest BCUT2D eigenvalue weighted by Crippen LogP contribution is -2.19. The molecule has 2 N–H and O–H groups in total. The van der Waals surface area contributed by atoms with E-state index < -0.39 is 11.2 Å². The Bertz CT molecular complexity index is 1320. The number of anilines is 2. The topological polar surface area (TPSA) is 97.6 Å². The third kappa shape index (κ3) is 6.43. The molecule has 8 heteroatoms. The van der Waals surface area contributed by atoms with Gasteiger partial charge in [-0.1, -0.05) is 36.4 Å². The monoisotopic (exact) mass is 500 g/mol. The molecular weight excluding hydrogens is 476 g/mol. The maximum Gasteiger partial charge on any atom is 0.338 e. The highest BCUT2D eigenvalue weighted by atomic mass is 32.2. The number of esters is 1. The van der Waals surface area contributed by atoms with Gasteiger partial charge >= 0.3 is 5.97 Å². The fourth-order valence-corrected chi connectivity index (χ4v) is 4.48. The molecule has 4 rings (SSSR count). The summed E-state index contributed by atoms with van der Waals surface area (Å²) in [5, 5.41) is 5.17. The number of carbonyl (C=O) groups is 3. The molecule has 0 saturated heterocycles. The van der Waals surface area contributed by atoms with E-state index in [1.165, 1.54) is 18.0 Å². The third-order valence-corrected chi connectivity index (χ3v) is 6.34. The van der Waals surface area contributed by atoms with Crippen molar-refractivity contribution in [3.05, 3.63) is 114 Å². The molecule has 0 fully saturated rings. The zero-order chi connectivity index (χ0) is 25.3. The molecule has 0 aliphatic carbocycles. The van der Waals surface area contributed by atoms with Crippen molar-refractivity contribution >= 4 is 40.9 Å². The van der Waals surface area contributed by atoms with Gasteiger partial charge in [-0.25, -0.2) is 4.79 Å². The van der Waals surface area contributed by atoms with Gasteiger partial charge in [0.25, 0.3) is 5.91 Å². The van der Waals surface area contributed by atoms with Crippen LogP contribution in [0.15, 0.2) is 107 Å². The van der Waals surface area contributed by atoms with Crippen molar-refractivity contribution in [3.8, 4) is 0 Å². The Labute approximate surface area is 212 Å². The summed E-state index contributed by atoms with van der Waals surface area (Å²) in [5.74, 6) is -0.776. The molecule has 4 aromatic rings. The summed E-state index contributed by atoms with van der Waals surface area (Å²) >= 11 is 1.36. The summed E-state index contributed by atoms with van der Waals surface area (Å²) in [6, 6.07) is 26.5. The number of rotatable bonds is 9. The van der Waals surface area contributed by atoms with Crippen LogP contribution in [0.3, 0.4) is 0 Å². The standard InChI is InChI=1S/C28H24N2O5S/c1-2-34-28(33)20-13-15-21(16-14-20)29-27(32)25(19-8-4-3-5-9-19)36-23-11-6-10-22(18-23)30-26(31)24-12-7-17-35-24/h3-18,25H,2H2,1H3,(H,29,32)(H,30,31). The lowest BCUT2D eigenvalue weighted by Gasteiger charge is -2.18. The van der Waals surface area contributed by atoms with Crippen LogP contribution in [0.1, 0.15) is 38.6 Å². The Kier molecular flexibility index (Phi) is 8.20. The van der Waals surface area contributed by atoms with Gasteiger partial charge in [0.1, 0.15) is 5.25 Å². The number of benzene rings is 3. The number of carbonyl (C=O) groups excluding carboxylic acids is 3. The number of amides is 2. The van der Waals surface area contributed by atoms with Gasteiger partial charge in [-0.2, -0.15) is 0 Å². The lowest BCUT2D eigenvalue weighted by molar-refractivity contribution is -0.115. The van der Waals surface area contributed by atoms with Crippen molar-refractivity contribution in [2.24, 2.45) is 0 Å². The maximum absolute atomic E-state index is 13.4. The molecule has 1 atom stereocenters. The predicted octanol–water partition coefficient (Wildman–Crippen LogP) is 6.18. The Morgan fingerprint density at radius 3 is 2.33 bits per heavy atom. The number of hydrogen-bond donors (Lipinski definition) is 2. The number of nitrogens with one attached hydrogen (secondary N) is 2. The van der Waals surface area contributed by atoms with E-state index in [2.05, 4.69) is 10.6 Å². The van der Waals surface area contributed by atoms with E-state index in [9.17, 15) is 14.4 Å². The van der Waals surface area contributed by atoms with E-state index in [4.69, 9.17) is 9.15 Å². The minimum atomic E-state index is -0.563. The summed E-state index contributed by atoms with van der Waals surface area (Å²) in [7, 11) is 0. The van der Waals surface area contributed by atoms with Crippen molar-refractivity contribution in [1.29, 1.82) is 0 Å². The smallest absolute Gasteiger partial charge is 0.338 e. The number of hydrogen-bond acceptors (Lipinski definition) is 6. The highest BCUT2D eigenvalue weighted by Gasteiger charge is 2.23. The lowest BCUT2D eigenvalue weighted by atomic mass is 10.1. The van der Waals surface area contributed by atoms with Gasteiger partial charge in [0.2, 0.25) is 5.91 Å². The van der Waals surface area contributed by atoms with Crippen LogP contribution in [0, 0.1) is 0 Å². The van der Waals surface area contributed by atoms with Crippen LogP contribution in [0.2, 0.25) is 0 Å². The molecule has 0 bridgehead atoms. The molecule has 3 aromatic carbocycles. The van der Waals surface area contributed by atoms with Crippen molar-refractivity contribution in [2.45, 2.75) is 17.1 Å². The first-order valence-corrected chi connectivity index (χ1v) is 12.2. The van der Waals surface area contributed by atoms with Gasteiger partial charge in [0.15, 0.2) is 5.76 Å². The number of ether oxygens (including phenoxy) is 1. The number of thioether (sulfide) groups is 1. The normalized spacial score (nSPS) is 11.4. The molecule has 1 unspecified atom stereocenters. The maximum atomic E-state index is 13.4. The Morgan fingerprint density at radius 1 is 0.861 bits per heavy atom. The van der Waals surface area contributed by atoms with Crippen LogP contribution in [-0.4, -0.2) is 24.4 Å². The molecule has 0 aliphatic heterocycles. The molecule has 0 saturated carbocycles. The van der Waals surface area contributed by atoms with Crippen LogP contribution in [0.4, 0.5) is 11.4 Å². The van der Waals surface area contributed by atoms with E-state index in [1.807, 2.05) is 48.5 Å². The minimum absolute atomic E-state index is 0.212. The minimum Gasteiger partial charge on any atom is -0.462 e. The zero-order valence-corrected chi connectivity index (χ0v) is 20.3. The molecule has 182 valence electrons. The van der Waals surface area contributed by atoms with Crippen LogP contribution in [-0.2, 0) is 9.53 Å².